The summed E-state index contributed by atoms with van der Waals surface area (Å²) in [6.07, 6.45) is 3.55. The van der Waals surface area contributed by atoms with Crippen molar-refractivity contribution in [1.29, 1.82) is 0 Å². The van der Waals surface area contributed by atoms with E-state index in [1.807, 2.05) is 0 Å². The minimum absolute atomic E-state index is 0.217. The predicted octanol–water partition coefficient (Wildman–Crippen LogP) is 4.40. The van der Waals surface area contributed by atoms with Gasteiger partial charge in [-0.1, -0.05) is 61.5 Å². The first-order valence-corrected chi connectivity index (χ1v) is 7.02. The molecular weight excluding hydrogens is 284 g/mol. The Morgan fingerprint density at radius 1 is 1.12 bits per heavy atom. The minimum Gasteiger partial charge on any atom is -0.445 e. The molecule has 0 fully saturated rings. The maximum Gasteiger partial charge on any atom is 0.409 e. The molecule has 0 saturated heterocycles. The Hall–Kier alpha value is 0.140. The summed E-state index contributed by atoms with van der Waals surface area (Å²) < 4.78 is 3.41. The largest absolute Gasteiger partial charge is 0.445 e. The van der Waals surface area contributed by atoms with Gasteiger partial charge < -0.3 is 9.64 Å². The number of ether oxygens (including phenoxy) is 1. The summed E-state index contributed by atoms with van der Waals surface area (Å²) in [6.45, 7) is 5.31. The van der Waals surface area contributed by atoms with E-state index >= 15 is 0 Å². The maximum absolute atomic E-state index is 11.7. The van der Waals surface area contributed by atoms with Crippen LogP contribution in [0, 0.1) is 0 Å². The van der Waals surface area contributed by atoms with Crippen LogP contribution in [0.4, 0.5) is 4.79 Å². The molecule has 0 N–H and O–H groups in total. The molecule has 0 rings (SSSR count). The van der Waals surface area contributed by atoms with Gasteiger partial charge in [-0.3, -0.25) is 0 Å². The number of nitrogens with zero attached hydrogens (tertiary/aromatic N) is 1. The normalized spacial score (nSPS) is 11.4. The Morgan fingerprint density at radius 2 is 1.59 bits per heavy atom. The lowest BCUT2D eigenvalue weighted by molar-refractivity contribution is 0.103. The molecule has 0 aromatic rings. The quantitative estimate of drug-likeness (QED) is 0.653. The molecule has 0 atom stereocenters. The molecule has 6 heteroatoms. The average molecular weight is 305 g/mol. The third kappa shape index (κ3) is 9.81. The molecule has 0 saturated carbocycles. The number of amides is 1. The molecule has 0 bridgehead atoms. The number of alkyl halides is 3. The van der Waals surface area contributed by atoms with Crippen molar-refractivity contribution in [2.24, 2.45) is 0 Å². The molecule has 0 aliphatic carbocycles. The lowest BCUT2D eigenvalue weighted by atomic mass is 10.3. The highest BCUT2D eigenvalue weighted by atomic mass is 35.6. The van der Waals surface area contributed by atoms with Gasteiger partial charge in [-0.25, -0.2) is 4.79 Å². The van der Waals surface area contributed by atoms with Gasteiger partial charge in [0, 0.05) is 13.1 Å². The molecule has 102 valence electrons. The third-order valence-corrected chi connectivity index (χ3v) is 2.51. The lowest BCUT2D eigenvalue weighted by Crippen LogP contribution is -2.35. The van der Waals surface area contributed by atoms with Crippen LogP contribution in [0.2, 0.25) is 0 Å². The van der Waals surface area contributed by atoms with Crippen molar-refractivity contribution in [2.45, 2.75) is 43.3 Å². The number of hydrogen-bond donors (Lipinski definition) is 0. The summed E-state index contributed by atoms with van der Waals surface area (Å²) >= 11 is 16.6. The van der Waals surface area contributed by atoms with Gasteiger partial charge in [-0.15, -0.1) is 0 Å². The fourth-order valence-electron chi connectivity index (χ4n) is 1.23. The molecule has 0 spiro atoms. The molecule has 0 radical (unpaired) electrons. The van der Waals surface area contributed by atoms with E-state index in [1.165, 1.54) is 0 Å². The van der Waals surface area contributed by atoms with Gasteiger partial charge in [0.2, 0.25) is 3.79 Å². The van der Waals surface area contributed by atoms with Crippen LogP contribution in [0.25, 0.3) is 0 Å². The van der Waals surface area contributed by atoms with Crippen molar-refractivity contribution < 1.29 is 9.53 Å². The predicted molar refractivity (Wildman–Crippen MR) is 73.0 cm³/mol. The van der Waals surface area contributed by atoms with Crippen LogP contribution in [0.5, 0.6) is 0 Å². The first kappa shape index (κ1) is 17.1. The lowest BCUT2D eigenvalue weighted by Gasteiger charge is -2.22. The fraction of sp³-hybridized carbons (Fsp3) is 0.909. The molecule has 17 heavy (non-hydrogen) atoms. The van der Waals surface area contributed by atoms with Crippen molar-refractivity contribution in [1.82, 2.24) is 4.90 Å². The van der Waals surface area contributed by atoms with Gasteiger partial charge in [0.15, 0.2) is 0 Å². The zero-order valence-electron chi connectivity index (χ0n) is 10.3. The zero-order valence-corrected chi connectivity index (χ0v) is 12.6. The molecule has 0 unspecified atom stereocenters. The Bertz CT molecular complexity index is 211. The Morgan fingerprint density at radius 3 is 1.94 bits per heavy atom. The molecule has 3 nitrogen and oxygen atoms in total. The van der Waals surface area contributed by atoms with Gasteiger partial charge in [0.25, 0.3) is 0 Å². The SMILES string of the molecule is CCCCN(CCCC)C(=O)OCC(Cl)(Cl)Cl. The topological polar surface area (TPSA) is 29.5 Å². The highest BCUT2D eigenvalue weighted by molar-refractivity contribution is 6.67. The van der Waals surface area contributed by atoms with E-state index in [1.54, 1.807) is 4.90 Å². The minimum atomic E-state index is -1.54. The summed E-state index contributed by atoms with van der Waals surface area (Å²) in [6, 6.07) is 0. The number of halogens is 3. The van der Waals surface area contributed by atoms with Crippen molar-refractivity contribution in [2.75, 3.05) is 19.7 Å². The Balaban J connectivity index is 4.11. The van der Waals surface area contributed by atoms with Gasteiger partial charge >= 0.3 is 6.09 Å². The first-order valence-electron chi connectivity index (χ1n) is 5.89. The second-order valence-corrected chi connectivity index (χ2v) is 6.38. The smallest absolute Gasteiger partial charge is 0.409 e. The van der Waals surface area contributed by atoms with Crippen LogP contribution in [-0.2, 0) is 4.74 Å². The second kappa shape index (κ2) is 9.12. The molecule has 0 aromatic heterocycles. The van der Waals surface area contributed by atoms with Gasteiger partial charge in [0.05, 0.1) is 0 Å². The second-order valence-electron chi connectivity index (χ2n) is 3.86. The van der Waals surface area contributed by atoms with Crippen molar-refractivity contribution in [3.63, 3.8) is 0 Å². The monoisotopic (exact) mass is 303 g/mol. The highest BCUT2D eigenvalue weighted by Crippen LogP contribution is 2.26. The molecule has 1 amide bonds. The average Bonchev–Trinajstić information content (AvgIpc) is 2.25. The summed E-state index contributed by atoms with van der Waals surface area (Å²) in [4.78, 5) is 13.4. The van der Waals surface area contributed by atoms with Crippen LogP contribution >= 0.6 is 34.8 Å². The van der Waals surface area contributed by atoms with E-state index in [0.29, 0.717) is 13.1 Å². The molecule has 0 aromatic carbocycles. The number of unbranched alkanes of at least 4 members (excludes halogenated alkanes) is 2. The van der Waals surface area contributed by atoms with Crippen LogP contribution < -0.4 is 0 Å². The van der Waals surface area contributed by atoms with Gasteiger partial charge in [-0.2, -0.15) is 0 Å². The third-order valence-electron chi connectivity index (χ3n) is 2.18. The van der Waals surface area contributed by atoms with E-state index in [0.717, 1.165) is 25.7 Å². The van der Waals surface area contributed by atoms with E-state index < -0.39 is 9.89 Å². The number of hydrogen-bond acceptors (Lipinski definition) is 2. The Kier molecular flexibility index (Phi) is 9.20. The summed E-state index contributed by atoms with van der Waals surface area (Å²) in [5, 5.41) is 0. The van der Waals surface area contributed by atoms with Crippen LogP contribution in [0.15, 0.2) is 0 Å². The zero-order chi connectivity index (χ0) is 13.3. The van der Waals surface area contributed by atoms with Crippen LogP contribution in [-0.4, -0.2) is 34.5 Å². The first-order chi connectivity index (χ1) is 7.90. The number of rotatable bonds is 7. The fourth-order valence-corrected chi connectivity index (χ4v) is 1.39. The van der Waals surface area contributed by atoms with Gasteiger partial charge in [0.1, 0.15) is 6.61 Å². The van der Waals surface area contributed by atoms with Crippen LogP contribution in [0.3, 0.4) is 0 Å². The number of carbonyl (C=O) groups excluding carboxylic acids is 1. The number of carbonyl (C=O) groups is 1. The molecular formula is C11H20Cl3NO2. The van der Waals surface area contributed by atoms with E-state index in [4.69, 9.17) is 39.5 Å². The summed E-state index contributed by atoms with van der Waals surface area (Å²) in [7, 11) is 0. The van der Waals surface area contributed by atoms with E-state index in [9.17, 15) is 4.79 Å². The summed E-state index contributed by atoms with van der Waals surface area (Å²) in [5.74, 6) is 0. The van der Waals surface area contributed by atoms with E-state index in [-0.39, 0.29) is 6.61 Å². The van der Waals surface area contributed by atoms with E-state index in [2.05, 4.69) is 13.8 Å². The van der Waals surface area contributed by atoms with Gasteiger partial charge in [-0.05, 0) is 12.8 Å². The molecule has 0 heterocycles. The maximum atomic E-state index is 11.7. The summed E-state index contributed by atoms with van der Waals surface area (Å²) in [5.41, 5.74) is 0. The highest BCUT2D eigenvalue weighted by Gasteiger charge is 2.24. The Labute approximate surface area is 118 Å². The molecule has 0 aliphatic heterocycles. The van der Waals surface area contributed by atoms with Crippen molar-refractivity contribution >= 4 is 40.9 Å². The van der Waals surface area contributed by atoms with Crippen molar-refractivity contribution in [3.8, 4) is 0 Å². The van der Waals surface area contributed by atoms with Crippen molar-refractivity contribution in [3.05, 3.63) is 0 Å². The van der Waals surface area contributed by atoms with Crippen LogP contribution in [0.1, 0.15) is 39.5 Å². The standard InChI is InChI=1S/C11H20Cl3NO2/c1-3-5-7-15(8-6-4-2)10(16)17-9-11(12,13)14/h3-9H2,1-2H3. The molecule has 0 aliphatic rings.